The minimum Gasteiger partial charge on any atom is -0.394 e. The van der Waals surface area contributed by atoms with Gasteiger partial charge in [-0.2, -0.15) is 0 Å². The van der Waals surface area contributed by atoms with E-state index in [0.717, 1.165) is 45.1 Å². The molecule has 14 N–H and O–H groups in total. The van der Waals surface area contributed by atoms with Crippen LogP contribution in [0.15, 0.2) is 0 Å². The van der Waals surface area contributed by atoms with Gasteiger partial charge >= 0.3 is 0 Å². The van der Waals surface area contributed by atoms with Crippen LogP contribution in [0.25, 0.3) is 0 Å². The molecule has 10 aliphatic rings. The molecule has 0 amide bonds. The van der Waals surface area contributed by atoms with Crippen LogP contribution in [-0.2, 0) is 47.4 Å². The van der Waals surface area contributed by atoms with E-state index in [4.69, 9.17) is 47.4 Å². The lowest BCUT2D eigenvalue weighted by Crippen LogP contribution is -2.68. The van der Waals surface area contributed by atoms with Crippen molar-refractivity contribution in [3.05, 3.63) is 0 Å². The van der Waals surface area contributed by atoms with Crippen molar-refractivity contribution >= 4 is 0 Å². The summed E-state index contributed by atoms with van der Waals surface area (Å²) in [4.78, 5) is 0. The second kappa shape index (κ2) is 22.1. The summed E-state index contributed by atoms with van der Waals surface area (Å²) in [5.74, 6) is 1.64. The van der Waals surface area contributed by atoms with Gasteiger partial charge < -0.3 is 119 Å². The lowest BCUT2D eigenvalue weighted by molar-refractivity contribution is -0.406. The van der Waals surface area contributed by atoms with Crippen molar-refractivity contribution in [2.24, 2.45) is 52.3 Å². The minimum atomic E-state index is -2.05. The third-order valence-corrected chi connectivity index (χ3v) is 20.4. The first-order valence-electron chi connectivity index (χ1n) is 27.4. The number of fused-ring (bicyclic) bond motifs is 7. The molecular weight excluding hydrogens is 997 g/mol. The smallest absolute Gasteiger partial charge is 0.187 e. The Bertz CT molecular complexity index is 1910. The maximum absolute atomic E-state index is 12.1. The topological polar surface area (TPSA) is 376 Å². The molecule has 33 atom stereocenters. The van der Waals surface area contributed by atoms with E-state index in [1.807, 2.05) is 0 Å². The summed E-state index contributed by atoms with van der Waals surface area (Å²) in [5, 5.41) is 152. The molecule has 10 fully saturated rings. The molecule has 24 heteroatoms. The molecule has 0 radical (unpaired) electrons. The summed E-state index contributed by atoms with van der Waals surface area (Å²) < 4.78 is 61.3. The first kappa shape index (κ1) is 57.3. The fourth-order valence-electron chi connectivity index (χ4n) is 16.2. The van der Waals surface area contributed by atoms with Gasteiger partial charge in [0.25, 0.3) is 0 Å². The molecule has 0 aromatic heterocycles. The molecule has 0 bridgehead atoms. The van der Waals surface area contributed by atoms with Gasteiger partial charge in [-0.15, -0.1) is 0 Å². The Morgan fingerprint density at radius 1 is 0.467 bits per heavy atom. The van der Waals surface area contributed by atoms with Crippen LogP contribution < -0.4 is 0 Å². The molecule has 10 rings (SSSR count). The highest BCUT2D eigenvalue weighted by molar-refractivity contribution is 5.16. The Morgan fingerprint density at radius 3 is 1.60 bits per heavy atom. The van der Waals surface area contributed by atoms with Gasteiger partial charge in [0.05, 0.1) is 51.3 Å². The molecule has 75 heavy (non-hydrogen) atoms. The normalized spacial score (nSPS) is 58.0. The lowest BCUT2D eigenvalue weighted by atomic mass is 9.43. The predicted octanol–water partition coefficient (Wildman–Crippen LogP) is -3.94. The van der Waals surface area contributed by atoms with Gasteiger partial charge in [0.15, 0.2) is 30.9 Å². The van der Waals surface area contributed by atoms with E-state index in [1.54, 1.807) is 0 Å². The van der Waals surface area contributed by atoms with Crippen LogP contribution in [-0.4, -0.2) is 251 Å². The van der Waals surface area contributed by atoms with Crippen molar-refractivity contribution in [2.45, 2.75) is 232 Å². The second-order valence-corrected chi connectivity index (χ2v) is 24.5. The van der Waals surface area contributed by atoms with Gasteiger partial charge in [-0.3, -0.25) is 0 Å². The molecule has 6 saturated heterocycles. The molecule has 6 heterocycles. The van der Waals surface area contributed by atoms with E-state index in [1.165, 1.54) is 0 Å². The molecule has 4 saturated carbocycles. The van der Waals surface area contributed by atoms with Gasteiger partial charge in [0, 0.05) is 12.3 Å². The fraction of sp³-hybridized carbons (Fsp3) is 1.00. The first-order valence-corrected chi connectivity index (χ1v) is 27.4. The fourth-order valence-corrected chi connectivity index (χ4v) is 16.2. The number of ether oxygens (including phenoxy) is 10. The molecule has 13 unspecified atom stereocenters. The van der Waals surface area contributed by atoms with Gasteiger partial charge in [-0.25, -0.2) is 0 Å². The summed E-state index contributed by atoms with van der Waals surface area (Å²) in [5.41, 5.74) is -0.133. The molecular formula is C51H84O24. The Kier molecular flexibility index (Phi) is 16.9. The lowest BCUT2D eigenvalue weighted by Gasteiger charge is -2.62. The SMILES string of the molecule is CC1CCC2(OC1)OC1CC3C4CC(O)C5CC(O[C@@H]6O[C@H](CO)[C@H](O[C@@H]7O[C@H](CO)[C@@H](O)[C@@H](O[C@@H]8O[C@H](CO)[C@@H](O)[C@@H](O)[C@H]8O)[C@H]7O[C@@H]7O[C@H](CO)[C@@H](O)[C@@H](O)[C@H]7O)[C@@H](O)[C@H]6O)CCC5(C)C4CCC3(C)C1C2C. The minimum absolute atomic E-state index is 0.0667. The predicted molar refractivity (Wildman–Crippen MR) is 250 cm³/mol. The summed E-state index contributed by atoms with van der Waals surface area (Å²) in [6.45, 7) is 6.54. The molecule has 432 valence electrons. The zero-order chi connectivity index (χ0) is 53.8. The second-order valence-electron chi connectivity index (χ2n) is 24.5. The number of hydrogen-bond acceptors (Lipinski definition) is 24. The number of aliphatic hydroxyl groups is 14. The summed E-state index contributed by atoms with van der Waals surface area (Å²) in [6, 6.07) is 0. The monoisotopic (exact) mass is 1080 g/mol. The van der Waals surface area contributed by atoms with E-state index in [-0.39, 0.29) is 28.8 Å². The van der Waals surface area contributed by atoms with Crippen molar-refractivity contribution in [2.75, 3.05) is 33.0 Å². The highest BCUT2D eigenvalue weighted by Crippen LogP contribution is 2.71. The van der Waals surface area contributed by atoms with E-state index in [9.17, 15) is 71.5 Å². The van der Waals surface area contributed by atoms with Crippen LogP contribution in [0.4, 0.5) is 0 Å². The Labute approximate surface area is 435 Å². The average molecular weight is 1080 g/mol. The van der Waals surface area contributed by atoms with Crippen LogP contribution >= 0.6 is 0 Å². The largest absolute Gasteiger partial charge is 0.394 e. The Hall–Kier alpha value is -0.960. The van der Waals surface area contributed by atoms with Crippen molar-refractivity contribution < 1.29 is 119 Å². The molecule has 1 spiro atoms. The Balaban J connectivity index is 0.829. The maximum atomic E-state index is 12.1. The molecule has 0 aromatic rings. The maximum Gasteiger partial charge on any atom is 0.187 e. The van der Waals surface area contributed by atoms with E-state index in [2.05, 4.69) is 27.7 Å². The number of aliphatic hydroxyl groups excluding tert-OH is 14. The third-order valence-electron chi connectivity index (χ3n) is 20.4. The highest BCUT2D eigenvalue weighted by atomic mass is 16.8. The van der Waals surface area contributed by atoms with Gasteiger partial charge in [-0.05, 0) is 97.7 Å². The molecule has 0 aromatic carbocycles. The molecule has 24 nitrogen and oxygen atoms in total. The molecule has 4 aliphatic carbocycles. The van der Waals surface area contributed by atoms with Crippen molar-refractivity contribution in [3.8, 4) is 0 Å². The van der Waals surface area contributed by atoms with Gasteiger partial charge in [-0.1, -0.05) is 27.7 Å². The van der Waals surface area contributed by atoms with Crippen molar-refractivity contribution in [3.63, 3.8) is 0 Å². The van der Waals surface area contributed by atoms with E-state index < -0.39 is 167 Å². The zero-order valence-electron chi connectivity index (χ0n) is 43.1. The van der Waals surface area contributed by atoms with Crippen LogP contribution in [0.3, 0.4) is 0 Å². The van der Waals surface area contributed by atoms with E-state index >= 15 is 0 Å². The summed E-state index contributed by atoms with van der Waals surface area (Å²) in [6.07, 6.45) is -29.9. The van der Waals surface area contributed by atoms with Crippen LogP contribution in [0.1, 0.15) is 85.5 Å². The number of hydrogen-bond donors (Lipinski definition) is 14. The van der Waals surface area contributed by atoms with Gasteiger partial charge in [0.1, 0.15) is 97.7 Å². The molecule has 6 aliphatic heterocycles. The van der Waals surface area contributed by atoms with E-state index in [0.29, 0.717) is 48.9 Å². The standard InChI is InChI=1S/C51H84O24/c1-19-5-10-51(66-18-19)20(2)32-27(75-51)13-24-22-12-26(56)25-11-21(6-8-49(25,3)23(22)7-9-50(24,32)4)67-45-41(65)38(62)42(31(17-55)71-45)72-48-44(74-47-40(64)37(61)34(58)29(15-53)69-47)43(35(59)30(16-54)70-48)73-46-39(63)36(60)33(57)28(14-52)68-46/h19-48,52-65H,5-18H2,1-4H3/t19?,20?,21?,22?,23?,24?,25?,26?,27?,28-,29-,30-,31-,32?,33-,34-,35-,36-,37-,38+,39-,40-,41-,42+,43-,44-,45-,46+,47+,48+,49?,50?,51?/m1/s1. The highest BCUT2D eigenvalue weighted by Gasteiger charge is 2.70. The van der Waals surface area contributed by atoms with Crippen LogP contribution in [0, 0.1) is 52.3 Å². The van der Waals surface area contributed by atoms with Gasteiger partial charge in [0.2, 0.25) is 0 Å². The quantitative estimate of drug-likeness (QED) is 0.0830. The zero-order valence-corrected chi connectivity index (χ0v) is 43.1. The number of rotatable bonds is 12. The first-order chi connectivity index (χ1) is 35.6. The van der Waals surface area contributed by atoms with Crippen LogP contribution in [0.2, 0.25) is 0 Å². The third kappa shape index (κ3) is 9.79. The van der Waals surface area contributed by atoms with Crippen molar-refractivity contribution in [1.82, 2.24) is 0 Å². The summed E-state index contributed by atoms with van der Waals surface area (Å²) >= 11 is 0. The van der Waals surface area contributed by atoms with Crippen molar-refractivity contribution in [1.29, 1.82) is 0 Å². The Morgan fingerprint density at radius 2 is 1.00 bits per heavy atom. The summed E-state index contributed by atoms with van der Waals surface area (Å²) in [7, 11) is 0. The average Bonchev–Trinajstić information content (AvgIpc) is 3.85. The van der Waals surface area contributed by atoms with Crippen LogP contribution in [0.5, 0.6) is 0 Å².